The second-order valence-corrected chi connectivity index (χ2v) is 7.25. The van der Waals surface area contributed by atoms with Crippen molar-refractivity contribution < 1.29 is 4.79 Å². The molecule has 2 aromatic rings. The number of nitrogens with zero attached hydrogens (tertiary/aromatic N) is 1. The van der Waals surface area contributed by atoms with Crippen LogP contribution >= 0.6 is 23.8 Å². The van der Waals surface area contributed by atoms with Crippen molar-refractivity contribution in [1.82, 2.24) is 10.2 Å². The average molecular weight is 388 g/mol. The molecule has 4 nitrogen and oxygen atoms in total. The first kappa shape index (κ1) is 18.7. The number of rotatable bonds is 3. The second-order valence-electron chi connectivity index (χ2n) is 6.46. The van der Waals surface area contributed by atoms with Gasteiger partial charge in [0, 0.05) is 24.7 Å². The Bertz CT molecular complexity index is 803. The molecule has 0 saturated carbocycles. The highest BCUT2D eigenvalue weighted by Crippen LogP contribution is 2.22. The number of para-hydroxylation sites is 1. The van der Waals surface area contributed by atoms with Crippen LogP contribution in [0.15, 0.2) is 48.5 Å². The molecule has 1 aliphatic rings. The Morgan fingerprint density at radius 2 is 1.77 bits per heavy atom. The van der Waals surface area contributed by atoms with E-state index in [4.69, 9.17) is 23.8 Å². The van der Waals surface area contributed by atoms with Gasteiger partial charge in [-0.05, 0) is 55.7 Å². The van der Waals surface area contributed by atoms with E-state index in [0.29, 0.717) is 10.1 Å². The summed E-state index contributed by atoms with van der Waals surface area (Å²) in [6.07, 6.45) is 1.73. The smallest absolute Gasteiger partial charge is 0.251 e. The zero-order valence-electron chi connectivity index (χ0n) is 14.7. The number of benzene rings is 2. The third-order valence-corrected chi connectivity index (χ3v) is 5.31. The maximum absolute atomic E-state index is 12.5. The Morgan fingerprint density at radius 1 is 1.12 bits per heavy atom. The molecule has 0 unspecified atom stereocenters. The summed E-state index contributed by atoms with van der Waals surface area (Å²) < 4.78 is 0. The van der Waals surface area contributed by atoms with Gasteiger partial charge in [0.05, 0.1) is 10.7 Å². The van der Waals surface area contributed by atoms with E-state index >= 15 is 0 Å². The molecule has 0 bridgehead atoms. The normalized spacial score (nSPS) is 14.8. The van der Waals surface area contributed by atoms with E-state index in [1.807, 2.05) is 55.5 Å². The van der Waals surface area contributed by atoms with Gasteiger partial charge in [-0.15, -0.1) is 0 Å². The molecular weight excluding hydrogens is 366 g/mol. The van der Waals surface area contributed by atoms with Gasteiger partial charge in [0.25, 0.3) is 5.91 Å². The van der Waals surface area contributed by atoms with Crippen LogP contribution in [-0.4, -0.2) is 35.1 Å². The monoisotopic (exact) mass is 387 g/mol. The van der Waals surface area contributed by atoms with Crippen molar-refractivity contribution in [3.8, 4) is 0 Å². The van der Waals surface area contributed by atoms with E-state index in [1.54, 1.807) is 0 Å². The number of nitrogens with one attached hydrogen (secondary N) is 2. The minimum atomic E-state index is -0.00156. The molecule has 6 heteroatoms. The summed E-state index contributed by atoms with van der Waals surface area (Å²) in [7, 11) is 0. The molecule has 136 valence electrons. The molecule has 0 aromatic heterocycles. The Hall–Kier alpha value is -2.11. The van der Waals surface area contributed by atoms with Gasteiger partial charge in [-0.2, -0.15) is 0 Å². The lowest BCUT2D eigenvalue weighted by Gasteiger charge is -2.34. The minimum absolute atomic E-state index is 0.00156. The zero-order chi connectivity index (χ0) is 18.5. The number of carbonyl (C=O) groups is 1. The number of hydrogen-bond donors (Lipinski definition) is 2. The molecule has 0 aliphatic carbocycles. The fourth-order valence-electron chi connectivity index (χ4n) is 3.07. The van der Waals surface area contributed by atoms with Crippen LogP contribution in [0.3, 0.4) is 0 Å². The van der Waals surface area contributed by atoms with Crippen molar-refractivity contribution in [3.05, 3.63) is 64.7 Å². The number of hydrogen-bond acceptors (Lipinski definition) is 2. The third-order valence-electron chi connectivity index (χ3n) is 4.62. The summed E-state index contributed by atoms with van der Waals surface area (Å²) in [4.78, 5) is 14.6. The predicted octanol–water partition coefficient (Wildman–Crippen LogP) is 4.24. The number of piperidine rings is 1. The van der Waals surface area contributed by atoms with Crippen LogP contribution in [0.25, 0.3) is 0 Å². The molecule has 1 amide bonds. The van der Waals surface area contributed by atoms with Gasteiger partial charge in [0.2, 0.25) is 0 Å². The van der Waals surface area contributed by atoms with E-state index in [0.717, 1.165) is 42.7 Å². The van der Waals surface area contributed by atoms with Crippen LogP contribution in [0.5, 0.6) is 0 Å². The van der Waals surface area contributed by atoms with E-state index in [2.05, 4.69) is 15.5 Å². The molecule has 1 saturated heterocycles. The van der Waals surface area contributed by atoms with Crippen molar-refractivity contribution in [1.29, 1.82) is 0 Å². The van der Waals surface area contributed by atoms with Crippen molar-refractivity contribution in [2.75, 3.05) is 18.4 Å². The summed E-state index contributed by atoms with van der Waals surface area (Å²) in [6.45, 7) is 3.56. The maximum atomic E-state index is 12.5. The van der Waals surface area contributed by atoms with E-state index < -0.39 is 0 Å². The van der Waals surface area contributed by atoms with Gasteiger partial charge < -0.3 is 15.5 Å². The quantitative estimate of drug-likeness (QED) is 0.773. The van der Waals surface area contributed by atoms with Gasteiger partial charge in [-0.1, -0.05) is 41.9 Å². The van der Waals surface area contributed by atoms with Crippen molar-refractivity contribution in [2.24, 2.45) is 0 Å². The minimum Gasteiger partial charge on any atom is -0.349 e. The van der Waals surface area contributed by atoms with Gasteiger partial charge >= 0.3 is 0 Å². The average Bonchev–Trinajstić information content (AvgIpc) is 2.64. The molecule has 2 aromatic carbocycles. The van der Waals surface area contributed by atoms with Crippen molar-refractivity contribution >= 4 is 40.5 Å². The zero-order valence-corrected chi connectivity index (χ0v) is 16.2. The number of thiocarbonyl (C=S) groups is 1. The molecule has 26 heavy (non-hydrogen) atoms. The molecular formula is C20H22ClN3OS. The number of aryl methyl sites for hydroxylation is 1. The predicted molar refractivity (Wildman–Crippen MR) is 111 cm³/mol. The Kier molecular flexibility index (Phi) is 6.12. The number of carbonyl (C=O) groups excluding carboxylic acids is 1. The fourth-order valence-corrected chi connectivity index (χ4v) is 3.55. The molecule has 0 atom stereocenters. The number of anilines is 1. The van der Waals surface area contributed by atoms with E-state index in [9.17, 15) is 4.79 Å². The lowest BCUT2D eigenvalue weighted by Crippen LogP contribution is -2.47. The highest BCUT2D eigenvalue weighted by atomic mass is 35.5. The molecule has 1 heterocycles. The van der Waals surface area contributed by atoms with Crippen LogP contribution < -0.4 is 10.6 Å². The first-order valence-electron chi connectivity index (χ1n) is 8.71. The van der Waals surface area contributed by atoms with Crippen LogP contribution in [0.1, 0.15) is 28.8 Å². The lowest BCUT2D eigenvalue weighted by atomic mass is 10.0. The van der Waals surface area contributed by atoms with Gasteiger partial charge in [0.15, 0.2) is 5.11 Å². The van der Waals surface area contributed by atoms with Crippen LogP contribution in [0.4, 0.5) is 5.69 Å². The summed E-state index contributed by atoms with van der Waals surface area (Å²) in [5, 5.41) is 7.67. The van der Waals surface area contributed by atoms with Crippen LogP contribution in [0, 0.1) is 6.92 Å². The van der Waals surface area contributed by atoms with Gasteiger partial charge in [-0.3, -0.25) is 4.79 Å². The van der Waals surface area contributed by atoms with E-state index in [1.165, 1.54) is 0 Å². The van der Waals surface area contributed by atoms with E-state index in [-0.39, 0.29) is 11.9 Å². The first-order valence-corrected chi connectivity index (χ1v) is 9.50. The Balaban J connectivity index is 1.51. The fraction of sp³-hybridized carbons (Fsp3) is 0.300. The number of amides is 1. The summed E-state index contributed by atoms with van der Waals surface area (Å²) in [5.74, 6) is -0.00156. The molecule has 0 spiro atoms. The molecule has 3 rings (SSSR count). The van der Waals surface area contributed by atoms with Crippen molar-refractivity contribution in [2.45, 2.75) is 25.8 Å². The SMILES string of the molecule is Cc1ccccc1C(=O)NC1CCN(C(=S)Nc2ccccc2Cl)CC1. The first-order chi connectivity index (χ1) is 12.5. The molecule has 1 aliphatic heterocycles. The molecule has 2 N–H and O–H groups in total. The van der Waals surface area contributed by atoms with Crippen molar-refractivity contribution in [3.63, 3.8) is 0 Å². The lowest BCUT2D eigenvalue weighted by molar-refractivity contribution is 0.0922. The summed E-state index contributed by atoms with van der Waals surface area (Å²) in [5.41, 5.74) is 2.55. The van der Waals surface area contributed by atoms with Gasteiger partial charge in [-0.25, -0.2) is 0 Å². The largest absolute Gasteiger partial charge is 0.349 e. The highest BCUT2D eigenvalue weighted by molar-refractivity contribution is 7.80. The Morgan fingerprint density at radius 3 is 2.46 bits per heavy atom. The second kappa shape index (κ2) is 8.52. The summed E-state index contributed by atoms with van der Waals surface area (Å²) in [6, 6.07) is 15.4. The topological polar surface area (TPSA) is 44.4 Å². The summed E-state index contributed by atoms with van der Waals surface area (Å²) >= 11 is 11.7. The number of halogens is 1. The van der Waals surface area contributed by atoms with Crippen LogP contribution in [0.2, 0.25) is 5.02 Å². The highest BCUT2D eigenvalue weighted by Gasteiger charge is 2.23. The van der Waals surface area contributed by atoms with Gasteiger partial charge in [0.1, 0.15) is 0 Å². The maximum Gasteiger partial charge on any atom is 0.251 e. The standard InChI is InChI=1S/C20H22ClN3OS/c1-14-6-2-3-7-16(14)19(25)22-15-10-12-24(13-11-15)20(26)23-18-9-5-4-8-17(18)21/h2-9,15H,10-13H2,1H3,(H,22,25)(H,23,26). The molecule has 0 radical (unpaired) electrons. The molecule has 1 fully saturated rings. The van der Waals surface area contributed by atoms with Crippen LogP contribution in [-0.2, 0) is 0 Å². The third kappa shape index (κ3) is 4.54. The number of likely N-dealkylation sites (tertiary alicyclic amines) is 1. The Labute approximate surface area is 164 Å².